The molecule has 0 saturated carbocycles. The van der Waals surface area contributed by atoms with Gasteiger partial charge in [-0.05, 0) is 31.5 Å². The first-order valence-electron chi connectivity index (χ1n) is 5.83. The van der Waals surface area contributed by atoms with Crippen molar-refractivity contribution >= 4 is 16.0 Å². The van der Waals surface area contributed by atoms with Crippen LogP contribution in [0.15, 0.2) is 23.1 Å². The number of rotatable bonds is 6. The van der Waals surface area contributed by atoms with Gasteiger partial charge < -0.3 is 10.2 Å². The standard InChI is InChI=1S/C12H16FNO5S/c1-8(15)5-6-14(2)20(18,19)9-3-4-11(13)10(7-9)12(16)17/h3-4,7-8,15H,5-6H2,1-2H3,(H,16,17). The molecule has 0 aromatic heterocycles. The number of hydrogen-bond donors (Lipinski definition) is 2. The molecule has 0 heterocycles. The predicted octanol–water partition coefficient (Wildman–Crippen LogP) is 0.915. The zero-order valence-corrected chi connectivity index (χ0v) is 11.9. The Labute approximate surface area is 116 Å². The van der Waals surface area contributed by atoms with Crippen molar-refractivity contribution in [1.29, 1.82) is 0 Å². The summed E-state index contributed by atoms with van der Waals surface area (Å²) in [7, 11) is -2.61. The van der Waals surface area contributed by atoms with Crippen molar-refractivity contribution in [2.45, 2.75) is 24.3 Å². The van der Waals surface area contributed by atoms with E-state index < -0.39 is 33.5 Å². The van der Waals surface area contributed by atoms with Crippen molar-refractivity contribution in [3.05, 3.63) is 29.6 Å². The lowest BCUT2D eigenvalue weighted by atomic mass is 10.2. The van der Waals surface area contributed by atoms with Gasteiger partial charge in [-0.15, -0.1) is 0 Å². The highest BCUT2D eigenvalue weighted by Gasteiger charge is 2.23. The first kappa shape index (κ1) is 16.5. The molecule has 20 heavy (non-hydrogen) atoms. The second-order valence-corrected chi connectivity index (χ2v) is 6.46. The molecular weight excluding hydrogens is 289 g/mol. The molecule has 1 atom stereocenters. The van der Waals surface area contributed by atoms with Crippen LogP contribution in [0, 0.1) is 5.82 Å². The van der Waals surface area contributed by atoms with Crippen LogP contribution in [-0.4, -0.2) is 48.6 Å². The van der Waals surface area contributed by atoms with Crippen molar-refractivity contribution < 1.29 is 27.8 Å². The van der Waals surface area contributed by atoms with E-state index in [-0.39, 0.29) is 17.9 Å². The quantitative estimate of drug-likeness (QED) is 0.815. The van der Waals surface area contributed by atoms with Gasteiger partial charge in [0.2, 0.25) is 10.0 Å². The first-order valence-corrected chi connectivity index (χ1v) is 7.27. The van der Waals surface area contributed by atoms with E-state index in [4.69, 9.17) is 10.2 Å². The SMILES string of the molecule is CC(O)CCN(C)S(=O)(=O)c1ccc(F)c(C(=O)O)c1. The molecule has 0 spiro atoms. The Morgan fingerprint density at radius 2 is 2.05 bits per heavy atom. The van der Waals surface area contributed by atoms with Gasteiger partial charge in [-0.25, -0.2) is 21.9 Å². The Balaban J connectivity index is 3.09. The zero-order valence-electron chi connectivity index (χ0n) is 11.1. The lowest BCUT2D eigenvalue weighted by molar-refractivity contribution is 0.0691. The number of aromatic carboxylic acids is 1. The molecule has 2 N–H and O–H groups in total. The largest absolute Gasteiger partial charge is 0.478 e. The van der Waals surface area contributed by atoms with Crippen molar-refractivity contribution in [1.82, 2.24) is 4.31 Å². The average Bonchev–Trinajstić information content (AvgIpc) is 2.35. The molecule has 0 aliphatic heterocycles. The van der Waals surface area contributed by atoms with Crippen LogP contribution in [-0.2, 0) is 10.0 Å². The van der Waals surface area contributed by atoms with Gasteiger partial charge >= 0.3 is 5.97 Å². The first-order chi connectivity index (χ1) is 9.16. The molecule has 0 aliphatic rings. The lowest BCUT2D eigenvalue weighted by Crippen LogP contribution is -2.29. The van der Waals surface area contributed by atoms with E-state index in [1.165, 1.54) is 14.0 Å². The van der Waals surface area contributed by atoms with E-state index in [1.807, 2.05) is 0 Å². The van der Waals surface area contributed by atoms with Crippen LogP contribution in [0.5, 0.6) is 0 Å². The Hall–Kier alpha value is -1.51. The molecule has 1 aromatic rings. The van der Waals surface area contributed by atoms with E-state index in [0.717, 1.165) is 22.5 Å². The fraction of sp³-hybridized carbons (Fsp3) is 0.417. The summed E-state index contributed by atoms with van der Waals surface area (Å²) in [5, 5.41) is 17.9. The normalized spacial score (nSPS) is 13.4. The minimum Gasteiger partial charge on any atom is -0.478 e. The van der Waals surface area contributed by atoms with E-state index in [2.05, 4.69) is 0 Å². The van der Waals surface area contributed by atoms with Crippen LogP contribution in [0.25, 0.3) is 0 Å². The van der Waals surface area contributed by atoms with Gasteiger partial charge in [0.05, 0.1) is 16.6 Å². The third-order valence-corrected chi connectivity index (χ3v) is 4.59. The van der Waals surface area contributed by atoms with Gasteiger partial charge in [0, 0.05) is 13.6 Å². The molecule has 1 unspecified atom stereocenters. The number of halogens is 1. The lowest BCUT2D eigenvalue weighted by Gasteiger charge is -2.18. The van der Waals surface area contributed by atoms with E-state index >= 15 is 0 Å². The van der Waals surface area contributed by atoms with Gasteiger partial charge in [0.1, 0.15) is 5.82 Å². The van der Waals surface area contributed by atoms with Crippen molar-refractivity contribution in [3.8, 4) is 0 Å². The summed E-state index contributed by atoms with van der Waals surface area (Å²) < 4.78 is 38.5. The molecule has 0 fully saturated rings. The minimum absolute atomic E-state index is 0.0692. The Kier molecular flexibility index (Phi) is 5.21. The summed E-state index contributed by atoms with van der Waals surface area (Å²) in [6.07, 6.45) is -0.418. The molecule has 0 amide bonds. The van der Waals surface area contributed by atoms with Crippen LogP contribution in [0.2, 0.25) is 0 Å². The summed E-state index contributed by atoms with van der Waals surface area (Å²) in [6, 6.07) is 2.60. The maximum atomic E-state index is 13.2. The smallest absolute Gasteiger partial charge is 0.338 e. The van der Waals surface area contributed by atoms with Crippen LogP contribution in [0.1, 0.15) is 23.7 Å². The molecule has 0 aliphatic carbocycles. The monoisotopic (exact) mass is 305 g/mol. The topological polar surface area (TPSA) is 94.9 Å². The number of carboxylic acids is 1. The van der Waals surface area contributed by atoms with Gasteiger partial charge in [0.15, 0.2) is 0 Å². The van der Waals surface area contributed by atoms with Crippen LogP contribution in [0.4, 0.5) is 4.39 Å². The Bertz CT molecular complexity index is 600. The summed E-state index contributed by atoms with van der Waals surface area (Å²) in [4.78, 5) is 10.5. The average molecular weight is 305 g/mol. The van der Waals surface area contributed by atoms with Gasteiger partial charge in [-0.2, -0.15) is 0 Å². The highest BCUT2D eigenvalue weighted by Crippen LogP contribution is 2.18. The second-order valence-electron chi connectivity index (χ2n) is 4.41. The van der Waals surface area contributed by atoms with Crippen LogP contribution < -0.4 is 0 Å². The Morgan fingerprint density at radius 1 is 1.45 bits per heavy atom. The molecule has 0 bridgehead atoms. The fourth-order valence-electron chi connectivity index (χ4n) is 1.50. The number of carboxylic acid groups (broad SMARTS) is 1. The highest BCUT2D eigenvalue weighted by atomic mass is 32.2. The maximum absolute atomic E-state index is 13.2. The molecule has 1 rings (SSSR count). The zero-order chi connectivity index (χ0) is 15.5. The molecule has 0 radical (unpaired) electrons. The number of sulfonamides is 1. The third kappa shape index (κ3) is 3.75. The van der Waals surface area contributed by atoms with Gasteiger partial charge in [-0.3, -0.25) is 0 Å². The third-order valence-electron chi connectivity index (χ3n) is 2.74. The van der Waals surface area contributed by atoms with E-state index in [9.17, 15) is 17.6 Å². The van der Waals surface area contributed by atoms with E-state index in [0.29, 0.717) is 0 Å². The molecule has 8 heteroatoms. The number of nitrogens with zero attached hydrogens (tertiary/aromatic N) is 1. The molecule has 6 nitrogen and oxygen atoms in total. The summed E-state index contributed by atoms with van der Waals surface area (Å²) >= 11 is 0. The number of hydrogen-bond acceptors (Lipinski definition) is 4. The molecule has 1 aromatic carbocycles. The summed E-state index contributed by atoms with van der Waals surface area (Å²) in [5.74, 6) is -2.53. The second kappa shape index (κ2) is 6.29. The Morgan fingerprint density at radius 3 is 2.55 bits per heavy atom. The van der Waals surface area contributed by atoms with Crippen LogP contribution >= 0.6 is 0 Å². The van der Waals surface area contributed by atoms with Crippen molar-refractivity contribution in [3.63, 3.8) is 0 Å². The number of benzene rings is 1. The fourth-order valence-corrected chi connectivity index (χ4v) is 2.71. The van der Waals surface area contributed by atoms with E-state index in [1.54, 1.807) is 0 Å². The molecule has 0 saturated heterocycles. The van der Waals surface area contributed by atoms with Gasteiger partial charge in [0.25, 0.3) is 0 Å². The summed E-state index contributed by atoms with van der Waals surface area (Å²) in [5.41, 5.74) is -0.699. The number of aliphatic hydroxyl groups is 1. The number of carbonyl (C=O) groups is 1. The minimum atomic E-state index is -3.92. The van der Waals surface area contributed by atoms with Gasteiger partial charge in [-0.1, -0.05) is 0 Å². The van der Waals surface area contributed by atoms with Crippen molar-refractivity contribution in [2.75, 3.05) is 13.6 Å². The van der Waals surface area contributed by atoms with Crippen LogP contribution in [0.3, 0.4) is 0 Å². The summed E-state index contributed by atoms with van der Waals surface area (Å²) in [6.45, 7) is 1.60. The molecular formula is C12H16FNO5S. The predicted molar refractivity (Wildman–Crippen MR) is 69.5 cm³/mol. The maximum Gasteiger partial charge on any atom is 0.338 e. The number of aliphatic hydroxyl groups excluding tert-OH is 1. The molecule has 112 valence electrons. The highest BCUT2D eigenvalue weighted by molar-refractivity contribution is 7.89. The van der Waals surface area contributed by atoms with Crippen molar-refractivity contribution in [2.24, 2.45) is 0 Å².